The summed E-state index contributed by atoms with van der Waals surface area (Å²) in [4.78, 5) is 2.50. The first-order chi connectivity index (χ1) is 20.3. The van der Waals surface area contributed by atoms with Crippen LogP contribution in [0.1, 0.15) is 77.5 Å². The van der Waals surface area contributed by atoms with E-state index in [0.29, 0.717) is 0 Å². The highest BCUT2D eigenvalue weighted by atomic mass is 127. The molecule has 0 bridgehead atoms. The first-order valence-corrected chi connectivity index (χ1v) is 15.8. The van der Waals surface area contributed by atoms with Crippen molar-refractivity contribution in [3.05, 3.63) is 137 Å². The molecule has 2 nitrogen and oxygen atoms in total. The predicted octanol–water partition coefficient (Wildman–Crippen LogP) is 6.91. The van der Waals surface area contributed by atoms with E-state index in [1.165, 1.54) is 62.6 Å². The van der Waals surface area contributed by atoms with Crippen molar-refractivity contribution in [2.24, 2.45) is 0 Å². The van der Waals surface area contributed by atoms with E-state index in [4.69, 9.17) is 0 Å². The third-order valence-corrected chi connectivity index (χ3v) is 9.71. The monoisotopic (exact) mass is 680 g/mol. The fraction of sp³-hybridized carbons (Fsp3) is 0.325. The standard InChI is InChI=1S/C40H45N2.HI/c1-7-41-34-23-14-12-21-32(34)39(3,4)36(41)27-25-30-19-16-20-31(38(30)29-17-10-9-11-18-29)26-28-37-40(5,6)33-22-13-15-24-35(33)42(37)8-2;/h9-15,17-18,21-28H,7-8,16,19-20H2,1-6H3;1H/q+1;/p-1. The van der Waals surface area contributed by atoms with Crippen LogP contribution in [0.15, 0.2) is 120 Å². The largest absolute Gasteiger partial charge is 1.00 e. The number of benzene rings is 3. The van der Waals surface area contributed by atoms with Crippen molar-refractivity contribution < 1.29 is 28.6 Å². The summed E-state index contributed by atoms with van der Waals surface area (Å²) in [5.74, 6) is 0. The number of rotatable bonds is 6. The second-order valence-electron chi connectivity index (χ2n) is 12.9. The minimum absolute atomic E-state index is 0. The van der Waals surface area contributed by atoms with Crippen molar-refractivity contribution in [2.45, 2.75) is 71.6 Å². The summed E-state index contributed by atoms with van der Waals surface area (Å²) >= 11 is 0. The molecule has 3 aliphatic rings. The van der Waals surface area contributed by atoms with Crippen molar-refractivity contribution >= 4 is 22.7 Å². The molecule has 6 rings (SSSR count). The third-order valence-electron chi connectivity index (χ3n) is 9.71. The summed E-state index contributed by atoms with van der Waals surface area (Å²) in [7, 11) is 0. The number of anilines is 1. The van der Waals surface area contributed by atoms with Crippen molar-refractivity contribution in [1.82, 2.24) is 0 Å². The Bertz CT molecular complexity index is 1660. The maximum atomic E-state index is 2.50. The van der Waals surface area contributed by atoms with Crippen LogP contribution in [0.4, 0.5) is 11.4 Å². The zero-order valence-corrected chi connectivity index (χ0v) is 28.8. The molecule has 0 atom stereocenters. The van der Waals surface area contributed by atoms with Gasteiger partial charge in [-0.3, -0.25) is 0 Å². The van der Waals surface area contributed by atoms with Gasteiger partial charge in [0, 0.05) is 41.1 Å². The van der Waals surface area contributed by atoms with E-state index < -0.39 is 0 Å². The average Bonchev–Trinajstić information content (AvgIpc) is 3.37. The van der Waals surface area contributed by atoms with Crippen molar-refractivity contribution in [1.29, 1.82) is 0 Å². The normalized spacial score (nSPS) is 20.7. The van der Waals surface area contributed by atoms with E-state index in [0.717, 1.165) is 25.9 Å². The Labute approximate surface area is 276 Å². The van der Waals surface area contributed by atoms with E-state index in [1.54, 1.807) is 0 Å². The number of hydrogen-bond donors (Lipinski definition) is 0. The molecule has 0 spiro atoms. The number of allylic oxidation sites excluding steroid dienone is 8. The van der Waals surface area contributed by atoms with Crippen LogP contribution in [0, 0.1) is 0 Å². The van der Waals surface area contributed by atoms with Crippen LogP contribution in [0.3, 0.4) is 0 Å². The van der Waals surface area contributed by atoms with Gasteiger partial charge in [0.25, 0.3) is 0 Å². The predicted molar refractivity (Wildman–Crippen MR) is 180 cm³/mol. The van der Waals surface area contributed by atoms with Gasteiger partial charge in [-0.15, -0.1) is 0 Å². The van der Waals surface area contributed by atoms with Gasteiger partial charge in [0.15, 0.2) is 5.71 Å². The fourth-order valence-electron chi connectivity index (χ4n) is 7.56. The van der Waals surface area contributed by atoms with Gasteiger partial charge >= 0.3 is 0 Å². The molecular weight excluding hydrogens is 635 g/mol. The average molecular weight is 681 g/mol. The van der Waals surface area contributed by atoms with Crippen molar-refractivity contribution in [3.8, 4) is 0 Å². The highest BCUT2D eigenvalue weighted by molar-refractivity contribution is 6.03. The van der Waals surface area contributed by atoms with Gasteiger partial charge in [0.05, 0.1) is 5.41 Å². The number of halogens is 1. The first-order valence-electron chi connectivity index (χ1n) is 15.8. The van der Waals surface area contributed by atoms with Gasteiger partial charge in [-0.2, -0.15) is 4.58 Å². The van der Waals surface area contributed by atoms with E-state index in [9.17, 15) is 0 Å². The van der Waals surface area contributed by atoms with E-state index in [2.05, 4.69) is 154 Å². The lowest BCUT2D eigenvalue weighted by Crippen LogP contribution is -3.00. The summed E-state index contributed by atoms with van der Waals surface area (Å²) in [6, 6.07) is 28.8. The van der Waals surface area contributed by atoms with Crippen LogP contribution in [0.5, 0.6) is 0 Å². The lowest BCUT2D eigenvalue weighted by Gasteiger charge is -2.27. The van der Waals surface area contributed by atoms with Gasteiger partial charge in [-0.05, 0) is 86.9 Å². The molecule has 0 unspecified atom stereocenters. The molecule has 0 radical (unpaired) electrons. The topological polar surface area (TPSA) is 6.25 Å². The second-order valence-corrected chi connectivity index (χ2v) is 12.9. The summed E-state index contributed by atoms with van der Waals surface area (Å²) in [5.41, 5.74) is 13.8. The summed E-state index contributed by atoms with van der Waals surface area (Å²) in [5, 5.41) is 0. The molecule has 0 N–H and O–H groups in total. The molecular formula is C40H45IN2. The molecule has 0 saturated carbocycles. The number of likely N-dealkylation sites (N-methyl/N-ethyl adjacent to an activating group) is 1. The van der Waals surface area contributed by atoms with Crippen LogP contribution >= 0.6 is 0 Å². The zero-order chi connectivity index (χ0) is 29.5. The fourth-order valence-corrected chi connectivity index (χ4v) is 7.56. The van der Waals surface area contributed by atoms with E-state index in [1.807, 2.05) is 0 Å². The van der Waals surface area contributed by atoms with Crippen LogP contribution < -0.4 is 28.9 Å². The summed E-state index contributed by atoms with van der Waals surface area (Å²) in [6.07, 6.45) is 13.1. The summed E-state index contributed by atoms with van der Waals surface area (Å²) in [6.45, 7) is 15.9. The number of hydrogen-bond acceptors (Lipinski definition) is 1. The third kappa shape index (κ3) is 5.39. The first kappa shape index (κ1) is 31.3. The van der Waals surface area contributed by atoms with Crippen LogP contribution in [-0.2, 0) is 10.8 Å². The van der Waals surface area contributed by atoms with Crippen LogP contribution in [-0.4, -0.2) is 23.4 Å². The molecule has 43 heavy (non-hydrogen) atoms. The highest BCUT2D eigenvalue weighted by Crippen LogP contribution is 2.48. The molecule has 0 amide bonds. The molecule has 0 saturated heterocycles. The lowest BCUT2D eigenvalue weighted by molar-refractivity contribution is -0.433. The Morgan fingerprint density at radius 2 is 1.42 bits per heavy atom. The molecule has 2 aliphatic heterocycles. The van der Waals surface area contributed by atoms with Crippen LogP contribution in [0.2, 0.25) is 0 Å². The molecule has 1 aliphatic carbocycles. The maximum absolute atomic E-state index is 2.50. The number of para-hydroxylation sites is 2. The molecule has 3 heteroatoms. The Kier molecular flexibility index (Phi) is 9.04. The van der Waals surface area contributed by atoms with Gasteiger partial charge in [0.2, 0.25) is 5.69 Å². The minimum Gasteiger partial charge on any atom is -1.00 e. The van der Waals surface area contributed by atoms with Crippen LogP contribution in [0.25, 0.3) is 5.57 Å². The number of nitrogens with zero attached hydrogens (tertiary/aromatic N) is 2. The van der Waals surface area contributed by atoms with Gasteiger partial charge in [-0.25, -0.2) is 0 Å². The number of fused-ring (bicyclic) bond motifs is 2. The second kappa shape index (κ2) is 12.4. The Morgan fingerprint density at radius 3 is 2.14 bits per heavy atom. The molecule has 0 fully saturated rings. The molecule has 3 aromatic rings. The van der Waals surface area contributed by atoms with Gasteiger partial charge in [-0.1, -0.05) is 92.7 Å². The SMILES string of the molecule is CCN1C(=CC=C2CCCC(C=CC3=[N+](CC)c4ccccc4C3(C)C)=C2c2ccccc2)C(C)(C)c2ccccc21.[I-]. The smallest absolute Gasteiger partial charge is 0.209 e. The zero-order valence-electron chi connectivity index (χ0n) is 26.6. The summed E-state index contributed by atoms with van der Waals surface area (Å²) < 4.78 is 2.50. The highest BCUT2D eigenvalue weighted by Gasteiger charge is 2.43. The lowest BCUT2D eigenvalue weighted by atomic mass is 9.79. The van der Waals surface area contributed by atoms with Crippen molar-refractivity contribution in [3.63, 3.8) is 0 Å². The van der Waals surface area contributed by atoms with Gasteiger partial charge in [0.1, 0.15) is 6.54 Å². The van der Waals surface area contributed by atoms with Gasteiger partial charge < -0.3 is 28.9 Å². The Morgan fingerprint density at radius 1 is 0.744 bits per heavy atom. The molecule has 222 valence electrons. The maximum Gasteiger partial charge on any atom is 0.209 e. The molecule has 2 heterocycles. The quantitative estimate of drug-likeness (QED) is 0.203. The Balaban J connectivity index is 0.00000368. The van der Waals surface area contributed by atoms with E-state index in [-0.39, 0.29) is 34.8 Å². The minimum atomic E-state index is -0.0268. The Hall–Kier alpha value is -3.18. The van der Waals surface area contributed by atoms with Crippen molar-refractivity contribution in [2.75, 3.05) is 18.0 Å². The van der Waals surface area contributed by atoms with E-state index >= 15 is 0 Å². The molecule has 3 aromatic carbocycles. The molecule has 0 aromatic heterocycles.